The molecule has 0 radical (unpaired) electrons. The summed E-state index contributed by atoms with van der Waals surface area (Å²) in [4.78, 5) is 13.8. The second-order valence-corrected chi connectivity index (χ2v) is 6.66. The summed E-state index contributed by atoms with van der Waals surface area (Å²) in [5, 5.41) is 0. The molecule has 2 aliphatic heterocycles. The molecule has 2 saturated heterocycles. The Kier molecular flexibility index (Phi) is 4.06. The molecule has 1 amide bonds. The molecule has 0 saturated carbocycles. The Morgan fingerprint density at radius 3 is 2.47 bits per heavy atom. The molecule has 2 rings (SSSR count). The monoisotopic (exact) mass is 270 g/mol. The molecule has 0 aliphatic carbocycles. The minimum Gasteiger partial charge on any atom is -0.444 e. The topological polar surface area (TPSA) is 64.8 Å². The van der Waals surface area contributed by atoms with Gasteiger partial charge in [-0.05, 0) is 46.5 Å². The predicted molar refractivity (Wildman–Crippen MR) is 72.9 cm³/mol. The lowest BCUT2D eigenvalue weighted by Crippen LogP contribution is -2.48. The number of carbonyl (C=O) groups is 1. The van der Waals surface area contributed by atoms with E-state index in [1.165, 1.54) is 0 Å². The van der Waals surface area contributed by atoms with Crippen molar-refractivity contribution >= 4 is 6.09 Å². The second-order valence-electron chi connectivity index (χ2n) is 6.66. The van der Waals surface area contributed by atoms with Crippen molar-refractivity contribution < 1.29 is 14.3 Å². The number of likely N-dealkylation sites (tertiary alicyclic amines) is 1. The molecule has 0 bridgehead atoms. The first-order valence-electron chi connectivity index (χ1n) is 7.19. The molecule has 1 unspecified atom stereocenters. The van der Waals surface area contributed by atoms with E-state index in [2.05, 4.69) is 0 Å². The first-order chi connectivity index (χ1) is 8.84. The van der Waals surface area contributed by atoms with Gasteiger partial charge in [-0.25, -0.2) is 4.79 Å². The van der Waals surface area contributed by atoms with E-state index in [0.29, 0.717) is 19.6 Å². The van der Waals surface area contributed by atoms with E-state index in [-0.39, 0.29) is 17.8 Å². The number of hydrogen-bond donors (Lipinski definition) is 1. The molecular formula is C14H26N2O3. The molecule has 2 N–H and O–H groups in total. The first kappa shape index (κ1) is 14.6. The van der Waals surface area contributed by atoms with E-state index >= 15 is 0 Å². The zero-order valence-corrected chi connectivity index (χ0v) is 12.3. The van der Waals surface area contributed by atoms with Gasteiger partial charge in [0.05, 0.1) is 11.7 Å². The van der Waals surface area contributed by atoms with Gasteiger partial charge in [-0.15, -0.1) is 0 Å². The maximum atomic E-state index is 12.0. The maximum Gasteiger partial charge on any atom is 0.410 e. The lowest BCUT2D eigenvalue weighted by molar-refractivity contribution is -0.0750. The smallest absolute Gasteiger partial charge is 0.410 e. The van der Waals surface area contributed by atoms with Crippen molar-refractivity contribution in [2.24, 2.45) is 5.73 Å². The van der Waals surface area contributed by atoms with Crippen molar-refractivity contribution in [3.05, 3.63) is 0 Å². The Labute approximate surface area is 115 Å². The summed E-state index contributed by atoms with van der Waals surface area (Å²) in [6, 6.07) is 0. The van der Waals surface area contributed by atoms with Crippen LogP contribution in [0.2, 0.25) is 0 Å². The van der Waals surface area contributed by atoms with Gasteiger partial charge >= 0.3 is 6.09 Å². The Balaban J connectivity index is 1.84. The predicted octanol–water partition coefficient (Wildman–Crippen LogP) is 1.89. The van der Waals surface area contributed by atoms with E-state index < -0.39 is 5.60 Å². The molecule has 1 atom stereocenters. The van der Waals surface area contributed by atoms with Crippen LogP contribution in [0.25, 0.3) is 0 Å². The first-order valence-corrected chi connectivity index (χ1v) is 7.19. The average Bonchev–Trinajstić information content (AvgIpc) is 2.71. The molecule has 0 aromatic heterocycles. The number of nitrogens with two attached hydrogens (primary N) is 1. The third kappa shape index (κ3) is 3.60. The normalized spacial score (nSPS) is 26.7. The number of nitrogens with zero attached hydrogens (tertiary/aromatic N) is 1. The summed E-state index contributed by atoms with van der Waals surface area (Å²) < 4.78 is 11.5. The number of piperidine rings is 1. The van der Waals surface area contributed by atoms with Crippen LogP contribution in [-0.2, 0) is 9.47 Å². The van der Waals surface area contributed by atoms with Crippen LogP contribution in [0, 0.1) is 0 Å². The van der Waals surface area contributed by atoms with Gasteiger partial charge in [-0.3, -0.25) is 0 Å². The van der Waals surface area contributed by atoms with Gasteiger partial charge in [0.2, 0.25) is 0 Å². The van der Waals surface area contributed by atoms with Crippen LogP contribution >= 0.6 is 0 Å². The third-order valence-electron chi connectivity index (χ3n) is 3.93. The van der Waals surface area contributed by atoms with Crippen molar-refractivity contribution in [1.29, 1.82) is 0 Å². The van der Waals surface area contributed by atoms with Gasteiger partial charge in [0, 0.05) is 19.6 Å². The summed E-state index contributed by atoms with van der Waals surface area (Å²) >= 11 is 0. The van der Waals surface area contributed by atoms with Crippen molar-refractivity contribution in [2.45, 2.75) is 63.8 Å². The van der Waals surface area contributed by atoms with Crippen LogP contribution in [0.5, 0.6) is 0 Å². The molecule has 19 heavy (non-hydrogen) atoms. The fraction of sp³-hybridized carbons (Fsp3) is 0.929. The van der Waals surface area contributed by atoms with Crippen LogP contribution in [0.1, 0.15) is 46.5 Å². The Morgan fingerprint density at radius 2 is 2.00 bits per heavy atom. The van der Waals surface area contributed by atoms with Gasteiger partial charge < -0.3 is 20.1 Å². The van der Waals surface area contributed by atoms with Gasteiger partial charge in [-0.1, -0.05) is 0 Å². The van der Waals surface area contributed by atoms with Crippen LogP contribution < -0.4 is 5.73 Å². The number of ether oxygens (including phenoxy) is 2. The SMILES string of the molecule is CC(C)(C)OC(=O)N1CCC2(CCC(CN)O2)CC1. The fourth-order valence-corrected chi connectivity index (χ4v) is 2.85. The molecule has 2 heterocycles. The number of hydrogen-bond acceptors (Lipinski definition) is 4. The molecule has 1 spiro atoms. The highest BCUT2D eigenvalue weighted by molar-refractivity contribution is 5.68. The molecule has 5 nitrogen and oxygen atoms in total. The minimum atomic E-state index is -0.430. The van der Waals surface area contributed by atoms with Crippen molar-refractivity contribution in [3.8, 4) is 0 Å². The molecule has 0 aromatic rings. The van der Waals surface area contributed by atoms with Crippen LogP contribution in [-0.4, -0.2) is 47.9 Å². The fourth-order valence-electron chi connectivity index (χ4n) is 2.85. The summed E-state index contributed by atoms with van der Waals surface area (Å²) in [6.07, 6.45) is 3.88. The van der Waals surface area contributed by atoms with Gasteiger partial charge in [0.25, 0.3) is 0 Å². The standard InChI is InChI=1S/C14H26N2O3/c1-13(2,3)19-12(17)16-8-6-14(7-9-16)5-4-11(10-15)18-14/h11H,4-10,15H2,1-3H3. The molecule has 110 valence electrons. The third-order valence-corrected chi connectivity index (χ3v) is 3.93. The summed E-state index contributed by atoms with van der Waals surface area (Å²) in [5.74, 6) is 0. The van der Waals surface area contributed by atoms with E-state index in [1.807, 2.05) is 20.8 Å². The highest BCUT2D eigenvalue weighted by Gasteiger charge is 2.43. The Bertz CT molecular complexity index is 330. The Morgan fingerprint density at radius 1 is 1.37 bits per heavy atom. The quantitative estimate of drug-likeness (QED) is 0.790. The van der Waals surface area contributed by atoms with Crippen molar-refractivity contribution in [2.75, 3.05) is 19.6 Å². The second kappa shape index (κ2) is 5.29. The highest BCUT2D eigenvalue weighted by atomic mass is 16.6. The number of rotatable bonds is 1. The zero-order chi connectivity index (χ0) is 14.1. The summed E-state index contributed by atoms with van der Waals surface area (Å²) in [6.45, 7) is 7.70. The zero-order valence-electron chi connectivity index (χ0n) is 12.3. The van der Waals surface area contributed by atoms with Gasteiger partial charge in [0.15, 0.2) is 0 Å². The molecular weight excluding hydrogens is 244 g/mol. The van der Waals surface area contributed by atoms with Crippen LogP contribution in [0.3, 0.4) is 0 Å². The number of carbonyl (C=O) groups excluding carboxylic acids is 1. The van der Waals surface area contributed by atoms with Gasteiger partial charge in [0.1, 0.15) is 5.60 Å². The lowest BCUT2D eigenvalue weighted by atomic mass is 9.89. The largest absolute Gasteiger partial charge is 0.444 e. The van der Waals surface area contributed by atoms with Crippen molar-refractivity contribution in [1.82, 2.24) is 4.90 Å². The van der Waals surface area contributed by atoms with Crippen molar-refractivity contribution in [3.63, 3.8) is 0 Å². The van der Waals surface area contributed by atoms with E-state index in [9.17, 15) is 4.79 Å². The number of amides is 1. The average molecular weight is 270 g/mol. The molecule has 0 aromatic carbocycles. The minimum absolute atomic E-state index is 0.0391. The molecule has 2 fully saturated rings. The van der Waals surface area contributed by atoms with E-state index in [1.54, 1.807) is 4.90 Å². The maximum absolute atomic E-state index is 12.0. The lowest BCUT2D eigenvalue weighted by Gasteiger charge is -2.39. The summed E-state index contributed by atoms with van der Waals surface area (Å²) in [7, 11) is 0. The molecule has 2 aliphatic rings. The van der Waals surface area contributed by atoms with E-state index in [0.717, 1.165) is 25.7 Å². The summed E-state index contributed by atoms with van der Waals surface area (Å²) in [5.41, 5.74) is 5.19. The van der Waals surface area contributed by atoms with Crippen LogP contribution in [0.4, 0.5) is 4.79 Å². The highest BCUT2D eigenvalue weighted by Crippen LogP contribution is 2.38. The van der Waals surface area contributed by atoms with Crippen LogP contribution in [0.15, 0.2) is 0 Å². The Hall–Kier alpha value is -0.810. The van der Waals surface area contributed by atoms with E-state index in [4.69, 9.17) is 15.2 Å². The molecule has 5 heteroatoms. The van der Waals surface area contributed by atoms with Gasteiger partial charge in [-0.2, -0.15) is 0 Å².